The third kappa shape index (κ3) is 3.49. The van der Waals surface area contributed by atoms with Gasteiger partial charge in [0.1, 0.15) is 11.3 Å². The SMILES string of the molecule is Cc1cccc(-c2ccc(C(=O)O)c(Oc3ccccc3Cl)n2)c1C. The Morgan fingerprint density at radius 1 is 1.04 bits per heavy atom. The normalized spacial score (nSPS) is 10.5. The number of aromatic carboxylic acids is 1. The van der Waals surface area contributed by atoms with Crippen molar-refractivity contribution in [3.63, 3.8) is 0 Å². The van der Waals surface area contributed by atoms with E-state index in [1.165, 1.54) is 6.07 Å². The molecule has 0 saturated heterocycles. The topological polar surface area (TPSA) is 59.4 Å². The molecule has 0 spiro atoms. The second-order valence-electron chi connectivity index (χ2n) is 5.63. The summed E-state index contributed by atoms with van der Waals surface area (Å²) in [4.78, 5) is 16.0. The van der Waals surface area contributed by atoms with Crippen LogP contribution in [0.4, 0.5) is 0 Å². The number of aromatic nitrogens is 1. The van der Waals surface area contributed by atoms with Gasteiger partial charge >= 0.3 is 5.97 Å². The summed E-state index contributed by atoms with van der Waals surface area (Å²) in [5.74, 6) is -0.738. The fraction of sp³-hybridized carbons (Fsp3) is 0.100. The molecular formula is C20H16ClNO3. The maximum atomic E-state index is 11.5. The molecule has 0 saturated carbocycles. The van der Waals surface area contributed by atoms with E-state index in [1.807, 2.05) is 32.0 Å². The molecule has 0 unspecified atom stereocenters. The number of ether oxygens (including phenoxy) is 1. The summed E-state index contributed by atoms with van der Waals surface area (Å²) in [5, 5.41) is 9.81. The average molecular weight is 354 g/mol. The zero-order valence-electron chi connectivity index (χ0n) is 13.8. The van der Waals surface area contributed by atoms with Gasteiger partial charge in [-0.3, -0.25) is 0 Å². The van der Waals surface area contributed by atoms with Gasteiger partial charge in [0.05, 0.1) is 10.7 Å². The maximum absolute atomic E-state index is 11.5. The van der Waals surface area contributed by atoms with Crippen LogP contribution in [0.2, 0.25) is 5.02 Å². The van der Waals surface area contributed by atoms with Crippen LogP contribution in [-0.4, -0.2) is 16.1 Å². The van der Waals surface area contributed by atoms with Gasteiger partial charge in [-0.25, -0.2) is 9.78 Å². The Labute approximate surface area is 150 Å². The molecule has 1 heterocycles. The Kier molecular flexibility index (Phi) is 4.72. The molecule has 5 heteroatoms. The van der Waals surface area contributed by atoms with Crippen molar-refractivity contribution in [1.29, 1.82) is 0 Å². The standard InChI is InChI=1S/C20H16ClNO3/c1-12-6-5-7-14(13(12)2)17-11-10-15(20(23)24)19(22-17)25-18-9-4-3-8-16(18)21/h3-11H,1-2H3,(H,23,24). The highest BCUT2D eigenvalue weighted by molar-refractivity contribution is 6.32. The van der Waals surface area contributed by atoms with Gasteiger partial charge in [-0.15, -0.1) is 0 Å². The first-order chi connectivity index (χ1) is 12.0. The van der Waals surface area contributed by atoms with Gasteiger partial charge < -0.3 is 9.84 Å². The molecule has 4 nitrogen and oxygen atoms in total. The van der Waals surface area contributed by atoms with Crippen molar-refractivity contribution in [2.24, 2.45) is 0 Å². The number of halogens is 1. The number of carboxylic acids is 1. The summed E-state index contributed by atoms with van der Waals surface area (Å²) in [6.07, 6.45) is 0. The molecular weight excluding hydrogens is 338 g/mol. The van der Waals surface area contributed by atoms with Crippen molar-refractivity contribution >= 4 is 17.6 Å². The van der Waals surface area contributed by atoms with Crippen molar-refractivity contribution in [3.05, 3.63) is 76.3 Å². The number of hydrogen-bond donors (Lipinski definition) is 1. The summed E-state index contributed by atoms with van der Waals surface area (Å²) in [7, 11) is 0. The minimum absolute atomic E-state index is 0.0130. The number of rotatable bonds is 4. The van der Waals surface area contributed by atoms with Crippen LogP contribution < -0.4 is 4.74 Å². The maximum Gasteiger partial charge on any atom is 0.341 e. The predicted octanol–water partition coefficient (Wildman–Crippen LogP) is 5.51. The quantitative estimate of drug-likeness (QED) is 0.671. The highest BCUT2D eigenvalue weighted by Crippen LogP contribution is 2.32. The number of carboxylic acid groups (broad SMARTS) is 1. The van der Waals surface area contributed by atoms with Gasteiger partial charge in [-0.2, -0.15) is 0 Å². The first kappa shape index (κ1) is 17.0. The van der Waals surface area contributed by atoms with E-state index < -0.39 is 5.97 Å². The van der Waals surface area contributed by atoms with E-state index in [0.29, 0.717) is 16.5 Å². The van der Waals surface area contributed by atoms with E-state index in [0.717, 1.165) is 16.7 Å². The van der Waals surface area contributed by atoms with Crippen LogP contribution in [0.25, 0.3) is 11.3 Å². The van der Waals surface area contributed by atoms with Gasteiger partial charge in [0.25, 0.3) is 0 Å². The Balaban J connectivity index is 2.11. The van der Waals surface area contributed by atoms with Crippen molar-refractivity contribution in [3.8, 4) is 22.9 Å². The van der Waals surface area contributed by atoms with Crippen LogP contribution >= 0.6 is 11.6 Å². The molecule has 0 atom stereocenters. The summed E-state index contributed by atoms with van der Waals surface area (Å²) in [5.41, 5.74) is 3.78. The van der Waals surface area contributed by atoms with Crippen LogP contribution in [0.5, 0.6) is 11.6 Å². The lowest BCUT2D eigenvalue weighted by Gasteiger charge is -2.12. The second kappa shape index (κ2) is 6.95. The molecule has 1 N–H and O–H groups in total. The number of benzene rings is 2. The van der Waals surface area contributed by atoms with Gasteiger partial charge in [-0.05, 0) is 49.2 Å². The fourth-order valence-corrected chi connectivity index (χ4v) is 2.67. The van der Waals surface area contributed by atoms with E-state index in [4.69, 9.17) is 16.3 Å². The Bertz CT molecular complexity index is 953. The molecule has 25 heavy (non-hydrogen) atoms. The zero-order valence-corrected chi connectivity index (χ0v) is 14.5. The number of nitrogens with zero attached hydrogens (tertiary/aromatic N) is 1. The number of hydrogen-bond acceptors (Lipinski definition) is 3. The molecule has 126 valence electrons. The molecule has 0 amide bonds. The summed E-state index contributed by atoms with van der Waals surface area (Å²) >= 11 is 6.11. The average Bonchev–Trinajstić information content (AvgIpc) is 2.59. The van der Waals surface area contributed by atoms with E-state index >= 15 is 0 Å². The molecule has 0 aliphatic heterocycles. The lowest BCUT2D eigenvalue weighted by atomic mass is 10.0. The first-order valence-electron chi connectivity index (χ1n) is 7.70. The molecule has 3 rings (SSSR count). The fourth-order valence-electron chi connectivity index (χ4n) is 2.49. The molecule has 0 bridgehead atoms. The lowest BCUT2D eigenvalue weighted by molar-refractivity contribution is 0.0693. The summed E-state index contributed by atoms with van der Waals surface area (Å²) < 4.78 is 5.71. The largest absolute Gasteiger partial charge is 0.477 e. The zero-order chi connectivity index (χ0) is 18.0. The van der Waals surface area contributed by atoms with Crippen LogP contribution in [-0.2, 0) is 0 Å². The van der Waals surface area contributed by atoms with Crippen molar-refractivity contribution in [2.75, 3.05) is 0 Å². The van der Waals surface area contributed by atoms with E-state index in [2.05, 4.69) is 4.98 Å². The Morgan fingerprint density at radius 3 is 2.52 bits per heavy atom. The number of carbonyl (C=O) groups is 1. The van der Waals surface area contributed by atoms with Crippen molar-refractivity contribution in [1.82, 2.24) is 4.98 Å². The predicted molar refractivity (Wildman–Crippen MR) is 97.6 cm³/mol. The van der Waals surface area contributed by atoms with Gasteiger partial charge in [0.2, 0.25) is 5.88 Å². The lowest BCUT2D eigenvalue weighted by Crippen LogP contribution is -2.03. The van der Waals surface area contributed by atoms with Gasteiger partial charge in [0.15, 0.2) is 0 Å². The third-order valence-corrected chi connectivity index (χ3v) is 4.33. The first-order valence-corrected chi connectivity index (χ1v) is 8.08. The van der Waals surface area contributed by atoms with Gasteiger partial charge in [-0.1, -0.05) is 41.9 Å². The number of aryl methyl sites for hydroxylation is 1. The highest BCUT2D eigenvalue weighted by atomic mass is 35.5. The van der Waals surface area contributed by atoms with Crippen molar-refractivity contribution in [2.45, 2.75) is 13.8 Å². The molecule has 0 fully saturated rings. The number of pyridine rings is 1. The molecule has 1 aromatic heterocycles. The third-order valence-electron chi connectivity index (χ3n) is 4.01. The van der Waals surface area contributed by atoms with Crippen LogP contribution in [0, 0.1) is 13.8 Å². The number of para-hydroxylation sites is 1. The van der Waals surface area contributed by atoms with Gasteiger partial charge in [0, 0.05) is 5.56 Å². The Morgan fingerprint density at radius 2 is 1.80 bits per heavy atom. The van der Waals surface area contributed by atoms with Crippen LogP contribution in [0.15, 0.2) is 54.6 Å². The van der Waals surface area contributed by atoms with Crippen molar-refractivity contribution < 1.29 is 14.6 Å². The second-order valence-corrected chi connectivity index (χ2v) is 6.04. The highest BCUT2D eigenvalue weighted by Gasteiger charge is 2.17. The summed E-state index contributed by atoms with van der Waals surface area (Å²) in [6, 6.07) is 16.0. The van der Waals surface area contributed by atoms with E-state index in [9.17, 15) is 9.90 Å². The minimum Gasteiger partial charge on any atom is -0.477 e. The molecule has 2 aromatic carbocycles. The van der Waals surface area contributed by atoms with E-state index in [-0.39, 0.29) is 11.4 Å². The minimum atomic E-state index is -1.11. The van der Waals surface area contributed by atoms with Crippen LogP contribution in [0.1, 0.15) is 21.5 Å². The smallest absolute Gasteiger partial charge is 0.341 e. The molecule has 0 radical (unpaired) electrons. The Hall–Kier alpha value is -2.85. The molecule has 0 aliphatic carbocycles. The molecule has 0 aliphatic rings. The summed E-state index contributed by atoms with van der Waals surface area (Å²) in [6.45, 7) is 4.03. The van der Waals surface area contributed by atoms with E-state index in [1.54, 1.807) is 30.3 Å². The monoisotopic (exact) mass is 353 g/mol. The molecule has 3 aromatic rings. The van der Waals surface area contributed by atoms with Crippen LogP contribution in [0.3, 0.4) is 0 Å².